The molecule has 1 aliphatic heterocycles. The molecule has 2 aromatic carbocycles. The second-order valence-electron chi connectivity index (χ2n) is 9.93. The van der Waals surface area contributed by atoms with Gasteiger partial charge in [0.05, 0.1) is 12.1 Å². The van der Waals surface area contributed by atoms with Gasteiger partial charge < -0.3 is 20.6 Å². The zero-order valence-corrected chi connectivity index (χ0v) is 21.2. The topological polar surface area (TPSA) is 98.7 Å². The van der Waals surface area contributed by atoms with Crippen LogP contribution in [0.15, 0.2) is 54.6 Å². The Kier molecular flexibility index (Phi) is 8.64. The molecule has 2 fully saturated rings. The van der Waals surface area contributed by atoms with Gasteiger partial charge in [-0.2, -0.15) is 0 Å². The fourth-order valence-electron chi connectivity index (χ4n) is 5.19. The smallest absolute Gasteiger partial charge is 0.251 e. The third-order valence-electron chi connectivity index (χ3n) is 7.51. The van der Waals surface area contributed by atoms with Crippen molar-refractivity contribution in [2.45, 2.75) is 44.1 Å². The summed E-state index contributed by atoms with van der Waals surface area (Å²) < 4.78 is 0. The van der Waals surface area contributed by atoms with Crippen molar-refractivity contribution in [3.05, 3.63) is 70.7 Å². The summed E-state index contributed by atoms with van der Waals surface area (Å²) in [6, 6.07) is 16.1. The van der Waals surface area contributed by atoms with Gasteiger partial charge in [-0.05, 0) is 74.3 Å². The normalized spacial score (nSPS) is 21.4. The molecule has 0 bridgehead atoms. The average molecular weight is 512 g/mol. The predicted molar refractivity (Wildman–Crippen MR) is 138 cm³/mol. The van der Waals surface area contributed by atoms with Crippen molar-refractivity contribution >= 4 is 29.3 Å². The van der Waals surface area contributed by atoms with E-state index in [-0.39, 0.29) is 30.2 Å². The zero-order valence-electron chi connectivity index (χ0n) is 20.4. The summed E-state index contributed by atoms with van der Waals surface area (Å²) in [7, 11) is 0. The van der Waals surface area contributed by atoms with Crippen molar-refractivity contribution in [3.8, 4) is 0 Å². The number of benzene rings is 2. The zero-order chi connectivity index (χ0) is 25.5. The summed E-state index contributed by atoms with van der Waals surface area (Å²) in [5, 5.41) is 17.3. The minimum absolute atomic E-state index is 0.00355. The van der Waals surface area contributed by atoms with Gasteiger partial charge in [0, 0.05) is 36.1 Å². The summed E-state index contributed by atoms with van der Waals surface area (Å²) in [4.78, 5) is 39.2. The number of nitrogens with zero attached hydrogens (tertiary/aromatic N) is 1. The number of amides is 3. The van der Waals surface area contributed by atoms with Gasteiger partial charge in [0.1, 0.15) is 0 Å². The molecule has 0 atom stereocenters. The molecular weight excluding hydrogens is 478 g/mol. The summed E-state index contributed by atoms with van der Waals surface area (Å²) >= 11 is 5.97. The van der Waals surface area contributed by atoms with Crippen molar-refractivity contribution in [1.29, 1.82) is 0 Å². The van der Waals surface area contributed by atoms with Crippen molar-refractivity contribution in [3.63, 3.8) is 0 Å². The third kappa shape index (κ3) is 6.65. The number of likely N-dealkylation sites (tertiary alicyclic amines) is 1. The van der Waals surface area contributed by atoms with Crippen LogP contribution in [-0.4, -0.2) is 53.9 Å². The van der Waals surface area contributed by atoms with Gasteiger partial charge in [-0.3, -0.25) is 14.4 Å². The molecule has 1 saturated carbocycles. The van der Waals surface area contributed by atoms with Crippen LogP contribution in [0, 0.1) is 11.8 Å². The number of hydrogen-bond acceptors (Lipinski definition) is 4. The van der Waals surface area contributed by atoms with Crippen molar-refractivity contribution < 1.29 is 19.5 Å². The Morgan fingerprint density at radius 2 is 1.56 bits per heavy atom. The van der Waals surface area contributed by atoms with Crippen LogP contribution in [0.1, 0.15) is 54.4 Å². The fourth-order valence-corrected chi connectivity index (χ4v) is 5.32. The maximum Gasteiger partial charge on any atom is 0.251 e. The van der Waals surface area contributed by atoms with Crippen LogP contribution in [0.5, 0.6) is 0 Å². The SMILES string of the molecule is O=C(CNC(=O)c1ccccc1)NCC1CCC(C(=O)N2CCC(O)(c3ccc(Cl)cc3)CC2)CC1. The molecule has 36 heavy (non-hydrogen) atoms. The van der Waals surface area contributed by atoms with Gasteiger partial charge in [0.2, 0.25) is 11.8 Å². The summed E-state index contributed by atoms with van der Waals surface area (Å²) in [5.41, 5.74) is 0.454. The Morgan fingerprint density at radius 1 is 0.917 bits per heavy atom. The van der Waals surface area contributed by atoms with E-state index in [1.54, 1.807) is 36.4 Å². The number of piperidine rings is 1. The van der Waals surface area contributed by atoms with Crippen molar-refractivity contribution in [2.24, 2.45) is 11.8 Å². The van der Waals surface area contributed by atoms with E-state index in [4.69, 9.17) is 11.6 Å². The van der Waals surface area contributed by atoms with Crippen molar-refractivity contribution in [2.75, 3.05) is 26.2 Å². The Labute approximate surface area is 217 Å². The summed E-state index contributed by atoms with van der Waals surface area (Å²) in [6.45, 7) is 1.59. The van der Waals surface area contributed by atoms with E-state index < -0.39 is 5.60 Å². The van der Waals surface area contributed by atoms with Crippen molar-refractivity contribution in [1.82, 2.24) is 15.5 Å². The Bertz CT molecular complexity index is 1040. The molecule has 0 aromatic heterocycles. The van der Waals surface area contributed by atoms with Gasteiger partial charge in [0.15, 0.2) is 0 Å². The van der Waals surface area contributed by atoms with Crippen LogP contribution in [0.25, 0.3) is 0 Å². The minimum Gasteiger partial charge on any atom is -0.385 e. The third-order valence-corrected chi connectivity index (χ3v) is 7.77. The molecule has 7 nitrogen and oxygen atoms in total. The average Bonchev–Trinajstić information content (AvgIpc) is 2.91. The van der Waals surface area contributed by atoms with Gasteiger partial charge in [-0.15, -0.1) is 0 Å². The number of aliphatic hydroxyl groups is 1. The first kappa shape index (κ1) is 26.2. The molecule has 1 aliphatic carbocycles. The molecule has 3 N–H and O–H groups in total. The van der Waals surface area contributed by atoms with Crippen LogP contribution in [0.3, 0.4) is 0 Å². The van der Waals surface area contributed by atoms with Crippen LogP contribution < -0.4 is 10.6 Å². The maximum absolute atomic E-state index is 13.1. The number of carbonyl (C=O) groups excluding carboxylic acids is 3. The molecular formula is C28H34ClN3O4. The van der Waals surface area contributed by atoms with Crippen LogP contribution in [-0.2, 0) is 15.2 Å². The minimum atomic E-state index is -0.919. The first-order valence-corrected chi connectivity index (χ1v) is 13.1. The second kappa shape index (κ2) is 11.9. The Hall–Kier alpha value is -2.90. The van der Waals surface area contributed by atoms with Gasteiger partial charge >= 0.3 is 0 Å². The van der Waals surface area contributed by atoms with E-state index in [1.165, 1.54) is 0 Å². The molecule has 1 heterocycles. The first-order chi connectivity index (χ1) is 17.3. The maximum atomic E-state index is 13.1. The molecule has 0 spiro atoms. The van der Waals surface area contributed by atoms with E-state index in [0.29, 0.717) is 49.0 Å². The lowest BCUT2D eigenvalue weighted by atomic mass is 9.80. The number of nitrogens with one attached hydrogen (secondary N) is 2. The lowest BCUT2D eigenvalue weighted by Gasteiger charge is -2.40. The van der Waals surface area contributed by atoms with E-state index in [2.05, 4.69) is 10.6 Å². The lowest BCUT2D eigenvalue weighted by Crippen LogP contribution is -2.47. The lowest BCUT2D eigenvalue weighted by molar-refractivity contribution is -0.141. The number of hydrogen-bond donors (Lipinski definition) is 3. The van der Waals surface area contributed by atoms with E-state index in [0.717, 1.165) is 31.2 Å². The standard InChI is InChI=1S/C28H34ClN3O4/c29-24-12-10-23(11-13-24)28(36)14-16-32(17-15-28)27(35)22-8-6-20(7-9-22)18-30-25(33)19-31-26(34)21-4-2-1-3-5-21/h1-5,10-13,20,22,36H,6-9,14-19H2,(H,30,33)(H,31,34). The van der Waals surface area contributed by atoms with Crippen LogP contribution in [0.2, 0.25) is 5.02 Å². The van der Waals surface area contributed by atoms with Gasteiger partial charge in [-0.25, -0.2) is 0 Å². The predicted octanol–water partition coefficient (Wildman–Crippen LogP) is 3.50. The molecule has 0 unspecified atom stereocenters. The molecule has 3 amide bonds. The number of rotatable bonds is 7. The molecule has 2 aliphatic rings. The van der Waals surface area contributed by atoms with E-state index in [9.17, 15) is 19.5 Å². The number of carbonyl (C=O) groups is 3. The highest BCUT2D eigenvalue weighted by atomic mass is 35.5. The van der Waals surface area contributed by atoms with Gasteiger partial charge in [-0.1, -0.05) is 41.9 Å². The van der Waals surface area contributed by atoms with E-state index >= 15 is 0 Å². The Balaban J connectivity index is 1.15. The highest BCUT2D eigenvalue weighted by Crippen LogP contribution is 2.35. The summed E-state index contributed by atoms with van der Waals surface area (Å²) in [5.74, 6) is 0.0374. The molecule has 192 valence electrons. The first-order valence-electron chi connectivity index (χ1n) is 12.7. The molecule has 0 radical (unpaired) electrons. The summed E-state index contributed by atoms with van der Waals surface area (Å²) in [6.07, 6.45) is 4.42. The second-order valence-corrected chi connectivity index (χ2v) is 10.4. The Morgan fingerprint density at radius 3 is 2.19 bits per heavy atom. The monoisotopic (exact) mass is 511 g/mol. The van der Waals surface area contributed by atoms with Crippen LogP contribution >= 0.6 is 11.6 Å². The quantitative estimate of drug-likeness (QED) is 0.530. The molecule has 4 rings (SSSR count). The van der Waals surface area contributed by atoms with Gasteiger partial charge in [0.25, 0.3) is 5.91 Å². The molecule has 1 saturated heterocycles. The molecule has 8 heteroatoms. The largest absolute Gasteiger partial charge is 0.385 e. The molecule has 2 aromatic rings. The van der Waals surface area contributed by atoms with E-state index in [1.807, 2.05) is 23.1 Å². The highest BCUT2D eigenvalue weighted by Gasteiger charge is 2.37. The number of halogens is 1. The van der Waals surface area contributed by atoms with Crippen LogP contribution in [0.4, 0.5) is 0 Å². The fraction of sp³-hybridized carbons (Fsp3) is 0.464. The highest BCUT2D eigenvalue weighted by molar-refractivity contribution is 6.30.